The molecule has 2 aliphatic heterocycles. The molecule has 0 bridgehead atoms. The number of nitrogens with one attached hydrogen (secondary N) is 2. The summed E-state index contributed by atoms with van der Waals surface area (Å²) in [4.78, 5) is 27.1. The van der Waals surface area contributed by atoms with Gasteiger partial charge in [0, 0.05) is 32.7 Å². The first kappa shape index (κ1) is 23.5. The molecule has 2 N–H and O–H groups in total. The van der Waals surface area contributed by atoms with Crippen molar-refractivity contribution >= 4 is 27.6 Å². The first-order chi connectivity index (χ1) is 14.7. The van der Waals surface area contributed by atoms with Crippen molar-refractivity contribution in [2.45, 2.75) is 45.8 Å². The summed E-state index contributed by atoms with van der Waals surface area (Å²) in [6.45, 7) is 7.52. The van der Waals surface area contributed by atoms with Crippen molar-refractivity contribution in [3.63, 3.8) is 0 Å². The largest absolute Gasteiger partial charge is 0.373 e. The highest BCUT2D eigenvalue weighted by molar-refractivity contribution is 7.89. The fraction of sp³-hybridized carbons (Fsp3) is 0.619. The van der Waals surface area contributed by atoms with Gasteiger partial charge in [0.05, 0.1) is 29.2 Å². The summed E-state index contributed by atoms with van der Waals surface area (Å²) >= 11 is 0. The number of nitrogens with zero attached hydrogens (tertiary/aromatic N) is 2. The number of para-hydroxylation sites is 1. The molecule has 2 fully saturated rings. The van der Waals surface area contributed by atoms with Crippen LogP contribution in [0.1, 0.15) is 42.6 Å². The highest BCUT2D eigenvalue weighted by Crippen LogP contribution is 2.24. The molecule has 0 saturated carbocycles. The van der Waals surface area contributed by atoms with Crippen LogP contribution in [0.25, 0.3) is 0 Å². The molecule has 0 aromatic heterocycles. The Labute approximate surface area is 184 Å². The maximum absolute atomic E-state index is 12.8. The zero-order valence-electron chi connectivity index (χ0n) is 18.4. The van der Waals surface area contributed by atoms with E-state index in [0.717, 1.165) is 31.5 Å². The fourth-order valence-electron chi connectivity index (χ4n) is 4.04. The number of sulfonamides is 1. The van der Waals surface area contributed by atoms with Crippen molar-refractivity contribution in [2.75, 3.05) is 43.8 Å². The Bertz CT molecular complexity index is 904. The number of amides is 3. The Morgan fingerprint density at radius 1 is 1.13 bits per heavy atom. The average molecular weight is 453 g/mol. The van der Waals surface area contributed by atoms with E-state index in [-0.39, 0.29) is 30.4 Å². The molecule has 0 spiro atoms. The third kappa shape index (κ3) is 5.96. The quantitative estimate of drug-likeness (QED) is 0.684. The van der Waals surface area contributed by atoms with E-state index in [1.54, 1.807) is 17.0 Å². The van der Waals surface area contributed by atoms with Crippen molar-refractivity contribution < 1.29 is 22.7 Å². The predicted molar refractivity (Wildman–Crippen MR) is 119 cm³/mol. The molecule has 2 saturated heterocycles. The van der Waals surface area contributed by atoms with E-state index < -0.39 is 16.1 Å². The van der Waals surface area contributed by atoms with Crippen molar-refractivity contribution in [1.82, 2.24) is 14.5 Å². The summed E-state index contributed by atoms with van der Waals surface area (Å²) in [5.41, 5.74) is 1.67. The number of hydrogen-bond acceptors (Lipinski definition) is 5. The highest BCUT2D eigenvalue weighted by Gasteiger charge is 2.30. The number of likely N-dealkylation sites (tertiary alicyclic amines) is 1. The van der Waals surface area contributed by atoms with Crippen LogP contribution in [0.15, 0.2) is 18.2 Å². The second kappa shape index (κ2) is 9.97. The molecule has 0 radical (unpaired) electrons. The molecular weight excluding hydrogens is 420 g/mol. The van der Waals surface area contributed by atoms with Gasteiger partial charge in [0.2, 0.25) is 10.0 Å². The zero-order valence-corrected chi connectivity index (χ0v) is 19.2. The third-order valence-electron chi connectivity index (χ3n) is 5.56. The lowest BCUT2D eigenvalue weighted by Crippen LogP contribution is -2.49. The van der Waals surface area contributed by atoms with E-state index in [0.29, 0.717) is 24.3 Å². The molecule has 2 atom stereocenters. The third-order valence-corrected chi connectivity index (χ3v) is 7.37. The van der Waals surface area contributed by atoms with Gasteiger partial charge in [-0.3, -0.25) is 4.79 Å². The Hall–Kier alpha value is -2.17. The molecule has 10 heteroatoms. The van der Waals surface area contributed by atoms with Gasteiger partial charge in [-0.1, -0.05) is 12.1 Å². The summed E-state index contributed by atoms with van der Waals surface area (Å²) in [7, 11) is -3.51. The van der Waals surface area contributed by atoms with Crippen LogP contribution in [-0.4, -0.2) is 80.2 Å². The van der Waals surface area contributed by atoms with Crippen LogP contribution < -0.4 is 10.6 Å². The van der Waals surface area contributed by atoms with Gasteiger partial charge in [-0.25, -0.2) is 13.2 Å². The number of carbonyl (C=O) groups excluding carboxylic acids is 2. The molecule has 1 aromatic rings. The summed E-state index contributed by atoms with van der Waals surface area (Å²) in [5.74, 6) is -0.303. The smallest absolute Gasteiger partial charge is 0.319 e. The second-order valence-electron chi connectivity index (χ2n) is 8.27. The maximum atomic E-state index is 12.8. The van der Waals surface area contributed by atoms with Crippen LogP contribution in [-0.2, 0) is 14.8 Å². The summed E-state index contributed by atoms with van der Waals surface area (Å²) in [6.07, 6.45) is 1.64. The molecule has 172 valence electrons. The molecule has 0 aliphatic carbocycles. The molecule has 1 aromatic carbocycles. The average Bonchev–Trinajstić information content (AvgIpc) is 3.23. The van der Waals surface area contributed by atoms with Gasteiger partial charge in [-0.15, -0.1) is 0 Å². The van der Waals surface area contributed by atoms with Crippen molar-refractivity contribution in [3.05, 3.63) is 29.3 Å². The number of anilines is 1. The Balaban J connectivity index is 1.58. The minimum Gasteiger partial charge on any atom is -0.373 e. The highest BCUT2D eigenvalue weighted by atomic mass is 32.2. The van der Waals surface area contributed by atoms with Crippen molar-refractivity contribution in [3.8, 4) is 0 Å². The molecule has 9 nitrogen and oxygen atoms in total. The number of benzene rings is 1. The molecule has 3 amide bonds. The number of urea groups is 1. The normalized spacial score (nSPS) is 22.4. The maximum Gasteiger partial charge on any atom is 0.319 e. The van der Waals surface area contributed by atoms with E-state index in [1.165, 1.54) is 4.31 Å². The molecule has 2 aliphatic rings. The standard InChI is InChI=1S/C21H32N4O5S/c1-15-7-6-8-18(20(26)24-10-4-5-11-24)19(15)23-21(27)22-9-12-31(28,29)25-13-16(2)30-17(3)14-25/h6-8,16-17H,4-5,9-14H2,1-3H3,(H2,22,23,27). The minimum atomic E-state index is -3.51. The monoisotopic (exact) mass is 452 g/mol. The van der Waals surface area contributed by atoms with Crippen LogP contribution in [0.3, 0.4) is 0 Å². The van der Waals surface area contributed by atoms with Gasteiger partial charge >= 0.3 is 6.03 Å². The van der Waals surface area contributed by atoms with E-state index in [1.807, 2.05) is 26.8 Å². The minimum absolute atomic E-state index is 0.0322. The molecule has 31 heavy (non-hydrogen) atoms. The predicted octanol–water partition coefficient (Wildman–Crippen LogP) is 1.79. The van der Waals surface area contributed by atoms with Gasteiger partial charge < -0.3 is 20.3 Å². The Morgan fingerprint density at radius 3 is 2.42 bits per heavy atom. The van der Waals surface area contributed by atoms with Crippen LogP contribution in [0.2, 0.25) is 0 Å². The van der Waals surface area contributed by atoms with Gasteiger partial charge in [-0.2, -0.15) is 4.31 Å². The fourth-order valence-corrected chi connectivity index (χ4v) is 5.53. The number of ether oxygens (including phenoxy) is 1. The van der Waals surface area contributed by atoms with Gasteiger partial charge in [0.1, 0.15) is 0 Å². The van der Waals surface area contributed by atoms with Crippen LogP contribution in [0.4, 0.5) is 10.5 Å². The van der Waals surface area contributed by atoms with Crippen LogP contribution in [0.5, 0.6) is 0 Å². The van der Waals surface area contributed by atoms with E-state index >= 15 is 0 Å². The van der Waals surface area contributed by atoms with Gasteiger partial charge in [0.25, 0.3) is 5.91 Å². The molecular formula is C21H32N4O5S. The summed E-state index contributed by atoms with van der Waals surface area (Å²) in [5, 5.41) is 5.34. The molecule has 3 rings (SSSR count). The number of rotatable bonds is 6. The lowest BCUT2D eigenvalue weighted by Gasteiger charge is -2.34. The first-order valence-electron chi connectivity index (χ1n) is 10.7. The lowest BCUT2D eigenvalue weighted by atomic mass is 10.1. The van der Waals surface area contributed by atoms with E-state index in [2.05, 4.69) is 10.6 Å². The van der Waals surface area contributed by atoms with Gasteiger partial charge in [-0.05, 0) is 45.2 Å². The number of morpholine rings is 1. The number of aryl methyl sites for hydroxylation is 1. The van der Waals surface area contributed by atoms with Gasteiger partial charge in [0.15, 0.2) is 0 Å². The first-order valence-corrected chi connectivity index (χ1v) is 12.4. The summed E-state index contributed by atoms with van der Waals surface area (Å²) in [6, 6.07) is 4.78. The van der Waals surface area contributed by atoms with E-state index in [9.17, 15) is 18.0 Å². The van der Waals surface area contributed by atoms with Crippen molar-refractivity contribution in [1.29, 1.82) is 0 Å². The lowest BCUT2D eigenvalue weighted by molar-refractivity contribution is -0.0440. The Morgan fingerprint density at radius 2 is 1.77 bits per heavy atom. The Kier molecular flexibility index (Phi) is 7.55. The zero-order chi connectivity index (χ0) is 22.6. The molecule has 2 heterocycles. The van der Waals surface area contributed by atoms with Crippen LogP contribution in [0, 0.1) is 6.92 Å². The van der Waals surface area contributed by atoms with E-state index in [4.69, 9.17) is 4.74 Å². The van der Waals surface area contributed by atoms with Crippen molar-refractivity contribution in [2.24, 2.45) is 0 Å². The van der Waals surface area contributed by atoms with Crippen LogP contribution >= 0.6 is 0 Å². The number of carbonyl (C=O) groups is 2. The summed E-state index contributed by atoms with van der Waals surface area (Å²) < 4.78 is 32.2. The number of hydrogen-bond donors (Lipinski definition) is 2. The topological polar surface area (TPSA) is 108 Å². The molecule has 2 unspecified atom stereocenters. The second-order valence-corrected chi connectivity index (χ2v) is 10.4. The SMILES string of the molecule is Cc1cccc(C(=O)N2CCCC2)c1NC(=O)NCCS(=O)(=O)N1CC(C)OC(C)C1.